The van der Waals surface area contributed by atoms with Gasteiger partial charge < -0.3 is 10.6 Å². The minimum Gasteiger partial charge on any atom is -0.368 e. The number of benzene rings is 2. The van der Waals surface area contributed by atoms with E-state index in [2.05, 4.69) is 6.42 Å². The molecule has 1 amide bonds. The van der Waals surface area contributed by atoms with Crippen LogP contribution in [-0.2, 0) is 17.8 Å². The highest BCUT2D eigenvalue weighted by Gasteiger charge is 2.30. The number of carbonyl (C=O) groups is 1. The molecule has 0 bridgehead atoms. The van der Waals surface area contributed by atoms with Gasteiger partial charge in [-0.3, -0.25) is 4.79 Å². The molecule has 3 rings (SSSR count). The molecular formula is C17H15ClN2O. The SMILES string of the molecule is NC(=O)C1[C]Cc2cc(Cl)ccc2N1Cc1ccccc1. The largest absolute Gasteiger partial charge is 0.368 e. The summed E-state index contributed by atoms with van der Waals surface area (Å²) in [7, 11) is 0. The minimum atomic E-state index is -0.515. The van der Waals surface area contributed by atoms with Gasteiger partial charge in [0.1, 0.15) is 6.04 Å². The van der Waals surface area contributed by atoms with Gasteiger partial charge in [-0.1, -0.05) is 41.9 Å². The van der Waals surface area contributed by atoms with Gasteiger partial charge in [0.15, 0.2) is 0 Å². The molecule has 2 aromatic carbocycles. The lowest BCUT2D eigenvalue weighted by Crippen LogP contribution is -2.47. The monoisotopic (exact) mass is 298 g/mol. The Bertz CT molecular complexity index is 657. The zero-order chi connectivity index (χ0) is 14.8. The summed E-state index contributed by atoms with van der Waals surface area (Å²) in [6.45, 7) is 0.607. The van der Waals surface area contributed by atoms with E-state index in [9.17, 15) is 4.79 Å². The maximum absolute atomic E-state index is 11.7. The average molecular weight is 299 g/mol. The van der Waals surface area contributed by atoms with Crippen molar-refractivity contribution >= 4 is 23.2 Å². The molecule has 0 saturated carbocycles. The smallest absolute Gasteiger partial charge is 0.240 e. The van der Waals surface area contributed by atoms with Crippen LogP contribution in [-0.4, -0.2) is 11.9 Å². The Balaban J connectivity index is 1.98. The molecule has 1 aliphatic heterocycles. The summed E-state index contributed by atoms with van der Waals surface area (Å²) in [5.41, 5.74) is 8.71. The number of anilines is 1. The molecule has 0 fully saturated rings. The number of carbonyl (C=O) groups excluding carboxylic acids is 1. The van der Waals surface area contributed by atoms with Crippen molar-refractivity contribution in [2.24, 2.45) is 5.73 Å². The van der Waals surface area contributed by atoms with Gasteiger partial charge in [0.2, 0.25) is 5.91 Å². The number of primary amides is 1. The Morgan fingerprint density at radius 2 is 2.05 bits per heavy atom. The minimum absolute atomic E-state index is 0.383. The lowest BCUT2D eigenvalue weighted by atomic mass is 9.94. The Labute approximate surface area is 129 Å². The highest BCUT2D eigenvalue weighted by atomic mass is 35.5. The van der Waals surface area contributed by atoms with Crippen LogP contribution in [0.1, 0.15) is 11.1 Å². The summed E-state index contributed by atoms with van der Waals surface area (Å²) < 4.78 is 0. The number of hydrogen-bond acceptors (Lipinski definition) is 2. The first-order chi connectivity index (χ1) is 10.1. The third-order valence-electron chi connectivity index (χ3n) is 3.61. The van der Waals surface area contributed by atoms with E-state index in [1.165, 1.54) is 0 Å². The second-order valence-corrected chi connectivity index (χ2v) is 5.51. The van der Waals surface area contributed by atoms with Crippen LogP contribution in [0.3, 0.4) is 0 Å². The van der Waals surface area contributed by atoms with E-state index in [1.54, 1.807) is 0 Å². The fourth-order valence-corrected chi connectivity index (χ4v) is 2.84. The van der Waals surface area contributed by atoms with Crippen molar-refractivity contribution in [3.05, 3.63) is 71.1 Å². The van der Waals surface area contributed by atoms with E-state index < -0.39 is 6.04 Å². The molecule has 106 valence electrons. The van der Waals surface area contributed by atoms with Gasteiger partial charge >= 0.3 is 0 Å². The maximum atomic E-state index is 11.7. The standard InChI is InChI=1S/C17H15ClN2O/c18-14-7-9-15-13(10-14)6-8-16(17(19)21)20(15)11-12-4-2-1-3-5-12/h1-5,7,9-10,16H,6,11H2,(H2,19,21). The number of rotatable bonds is 3. The Morgan fingerprint density at radius 1 is 1.29 bits per heavy atom. The summed E-state index contributed by atoms with van der Waals surface area (Å²) in [6, 6.07) is 15.2. The molecule has 0 saturated heterocycles. The number of halogens is 1. The van der Waals surface area contributed by atoms with Crippen LogP contribution in [0.15, 0.2) is 48.5 Å². The summed E-state index contributed by atoms with van der Waals surface area (Å²) in [6.07, 6.45) is 3.74. The van der Waals surface area contributed by atoms with Gasteiger partial charge in [-0.25, -0.2) is 0 Å². The van der Waals surface area contributed by atoms with Gasteiger partial charge in [0, 0.05) is 23.7 Å². The number of amides is 1. The van der Waals surface area contributed by atoms with Crippen molar-refractivity contribution in [3.63, 3.8) is 0 Å². The normalized spacial score (nSPS) is 17.4. The van der Waals surface area contributed by atoms with E-state index >= 15 is 0 Å². The zero-order valence-corrected chi connectivity index (χ0v) is 12.2. The van der Waals surface area contributed by atoms with Gasteiger partial charge in [0.05, 0.1) is 0 Å². The van der Waals surface area contributed by atoms with E-state index in [-0.39, 0.29) is 5.91 Å². The first kappa shape index (κ1) is 14.0. The third kappa shape index (κ3) is 2.88. The molecule has 3 nitrogen and oxygen atoms in total. The molecule has 2 radical (unpaired) electrons. The first-order valence-corrected chi connectivity index (χ1v) is 7.14. The van der Waals surface area contributed by atoms with Crippen LogP contribution in [0.5, 0.6) is 0 Å². The Hall–Kier alpha value is -2.00. The topological polar surface area (TPSA) is 46.3 Å². The van der Waals surface area contributed by atoms with Gasteiger partial charge in [-0.05, 0) is 35.7 Å². The summed E-state index contributed by atoms with van der Waals surface area (Å²) in [5.74, 6) is -0.383. The molecule has 0 aliphatic carbocycles. The Kier molecular flexibility index (Phi) is 3.84. The maximum Gasteiger partial charge on any atom is 0.240 e. The highest BCUT2D eigenvalue weighted by Crippen LogP contribution is 2.33. The predicted molar refractivity (Wildman–Crippen MR) is 84.0 cm³/mol. The summed E-state index contributed by atoms with van der Waals surface area (Å²) >= 11 is 6.05. The fraction of sp³-hybridized carbons (Fsp3) is 0.176. The summed E-state index contributed by atoms with van der Waals surface area (Å²) in [4.78, 5) is 13.7. The van der Waals surface area contributed by atoms with Crippen molar-refractivity contribution in [3.8, 4) is 0 Å². The molecule has 2 aromatic rings. The van der Waals surface area contributed by atoms with Gasteiger partial charge in [-0.2, -0.15) is 0 Å². The third-order valence-corrected chi connectivity index (χ3v) is 3.85. The van der Waals surface area contributed by atoms with Gasteiger partial charge in [0.25, 0.3) is 0 Å². The Morgan fingerprint density at radius 3 is 2.76 bits per heavy atom. The van der Waals surface area contributed by atoms with E-state index in [1.807, 2.05) is 53.4 Å². The fourth-order valence-electron chi connectivity index (χ4n) is 2.64. The van der Waals surface area contributed by atoms with E-state index in [0.29, 0.717) is 18.0 Å². The summed E-state index contributed by atoms with van der Waals surface area (Å²) in [5, 5.41) is 0.688. The molecule has 0 aromatic heterocycles. The lowest BCUT2D eigenvalue weighted by Gasteiger charge is -2.37. The van der Waals surface area contributed by atoms with Gasteiger partial charge in [-0.15, -0.1) is 0 Å². The second-order valence-electron chi connectivity index (χ2n) is 5.07. The van der Waals surface area contributed by atoms with Crippen LogP contribution in [0, 0.1) is 6.42 Å². The van der Waals surface area contributed by atoms with Crippen LogP contribution < -0.4 is 10.6 Å². The van der Waals surface area contributed by atoms with Crippen LogP contribution in [0.2, 0.25) is 5.02 Å². The predicted octanol–water partition coefficient (Wildman–Crippen LogP) is 2.84. The average Bonchev–Trinajstić information content (AvgIpc) is 2.48. The second kappa shape index (κ2) is 5.78. The molecule has 21 heavy (non-hydrogen) atoms. The molecular weight excluding hydrogens is 284 g/mol. The lowest BCUT2D eigenvalue weighted by molar-refractivity contribution is -0.118. The number of nitrogens with zero attached hydrogens (tertiary/aromatic N) is 1. The zero-order valence-electron chi connectivity index (χ0n) is 11.4. The highest BCUT2D eigenvalue weighted by molar-refractivity contribution is 6.30. The van der Waals surface area contributed by atoms with Crippen molar-refractivity contribution < 1.29 is 4.79 Å². The van der Waals surface area contributed by atoms with E-state index in [0.717, 1.165) is 16.8 Å². The number of nitrogens with two attached hydrogens (primary N) is 1. The molecule has 2 N–H and O–H groups in total. The van der Waals surface area contributed by atoms with Crippen LogP contribution >= 0.6 is 11.6 Å². The van der Waals surface area contributed by atoms with Crippen molar-refractivity contribution in [2.75, 3.05) is 4.90 Å². The van der Waals surface area contributed by atoms with Crippen LogP contribution in [0.4, 0.5) is 5.69 Å². The number of hydrogen-bond donors (Lipinski definition) is 1. The van der Waals surface area contributed by atoms with E-state index in [4.69, 9.17) is 17.3 Å². The molecule has 1 atom stereocenters. The quantitative estimate of drug-likeness (QED) is 0.947. The number of fused-ring (bicyclic) bond motifs is 1. The van der Waals surface area contributed by atoms with Crippen LogP contribution in [0.25, 0.3) is 0 Å². The molecule has 1 heterocycles. The molecule has 0 spiro atoms. The first-order valence-electron chi connectivity index (χ1n) is 6.77. The van der Waals surface area contributed by atoms with Crippen molar-refractivity contribution in [2.45, 2.75) is 19.0 Å². The molecule has 4 heteroatoms. The molecule has 1 unspecified atom stereocenters. The molecule has 1 aliphatic rings. The van der Waals surface area contributed by atoms with Crippen molar-refractivity contribution in [1.29, 1.82) is 0 Å². The van der Waals surface area contributed by atoms with Crippen molar-refractivity contribution in [1.82, 2.24) is 0 Å².